The van der Waals surface area contributed by atoms with Gasteiger partial charge in [-0.2, -0.15) is 0 Å². The fraction of sp³-hybridized carbons (Fsp3) is 0.455. The molecule has 0 radical (unpaired) electrons. The highest BCUT2D eigenvalue weighted by atomic mass is 79.9. The molecule has 0 aliphatic rings. The van der Waals surface area contributed by atoms with Crippen LogP contribution in [-0.4, -0.2) is 21.3 Å². The molecule has 1 N–H and O–H groups in total. The molecule has 0 aromatic carbocycles. The summed E-state index contributed by atoms with van der Waals surface area (Å²) in [6.45, 7) is 5.76. The third kappa shape index (κ3) is 3.22. The Bertz CT molecular complexity index is 396. The van der Waals surface area contributed by atoms with Crippen LogP contribution in [-0.2, 0) is 4.79 Å². The summed E-state index contributed by atoms with van der Waals surface area (Å²) in [5.74, 6) is -0.730. The maximum Gasteiger partial charge on any atom is 0.317 e. The Morgan fingerprint density at radius 2 is 2.19 bits per heavy atom. The molecule has 1 rings (SSSR count). The zero-order chi connectivity index (χ0) is 12.3. The standard InChI is InChI=1S/C11H14BrNO2S/c1-6(2)9(11(14)15)16-10-8(12)7(3)4-5-13-10/h4-6,9H,1-3H3,(H,14,15). The first kappa shape index (κ1) is 13.5. The SMILES string of the molecule is Cc1ccnc(SC(C(=O)O)C(C)C)c1Br. The highest BCUT2D eigenvalue weighted by Gasteiger charge is 2.24. The molecular formula is C11H14BrNO2S. The lowest BCUT2D eigenvalue weighted by Crippen LogP contribution is -2.22. The lowest BCUT2D eigenvalue weighted by atomic mass is 10.1. The van der Waals surface area contributed by atoms with Crippen LogP contribution < -0.4 is 0 Å². The van der Waals surface area contributed by atoms with Crippen LogP contribution in [0.3, 0.4) is 0 Å². The molecule has 0 fully saturated rings. The molecule has 0 aliphatic heterocycles. The molecule has 16 heavy (non-hydrogen) atoms. The van der Waals surface area contributed by atoms with Crippen LogP contribution in [0.4, 0.5) is 0 Å². The number of aryl methyl sites for hydroxylation is 1. The molecular weight excluding hydrogens is 290 g/mol. The predicted molar refractivity (Wildman–Crippen MR) is 68.8 cm³/mol. The van der Waals surface area contributed by atoms with Crippen LogP contribution in [0.1, 0.15) is 19.4 Å². The second-order valence-electron chi connectivity index (χ2n) is 3.87. The molecule has 1 aromatic rings. The maximum absolute atomic E-state index is 11.1. The Kier molecular flexibility index (Phi) is 4.80. The zero-order valence-electron chi connectivity index (χ0n) is 9.40. The summed E-state index contributed by atoms with van der Waals surface area (Å²) in [5, 5.41) is 9.37. The van der Waals surface area contributed by atoms with Crippen LogP contribution in [0.15, 0.2) is 21.8 Å². The largest absolute Gasteiger partial charge is 0.480 e. The summed E-state index contributed by atoms with van der Waals surface area (Å²) in [6.07, 6.45) is 1.70. The van der Waals surface area contributed by atoms with Crippen LogP contribution in [0, 0.1) is 12.8 Å². The van der Waals surface area contributed by atoms with Crippen molar-refractivity contribution >= 4 is 33.7 Å². The summed E-state index contributed by atoms with van der Waals surface area (Å²) < 4.78 is 0.881. The second kappa shape index (κ2) is 5.68. The fourth-order valence-electron chi connectivity index (χ4n) is 1.19. The van der Waals surface area contributed by atoms with E-state index in [-0.39, 0.29) is 5.92 Å². The summed E-state index contributed by atoms with van der Waals surface area (Å²) in [4.78, 5) is 15.3. The second-order valence-corrected chi connectivity index (χ2v) is 5.79. The summed E-state index contributed by atoms with van der Waals surface area (Å²) in [5.41, 5.74) is 1.06. The molecule has 0 aliphatic carbocycles. The van der Waals surface area contributed by atoms with E-state index in [1.54, 1.807) is 6.20 Å². The number of hydrogen-bond acceptors (Lipinski definition) is 3. The number of halogens is 1. The number of carboxylic acids is 1. The van der Waals surface area contributed by atoms with Gasteiger partial charge in [0.2, 0.25) is 0 Å². The number of aromatic nitrogens is 1. The number of thioether (sulfide) groups is 1. The van der Waals surface area contributed by atoms with Crippen molar-refractivity contribution in [3.63, 3.8) is 0 Å². The predicted octanol–water partition coefficient (Wildman–Crippen LogP) is 3.35. The van der Waals surface area contributed by atoms with Crippen molar-refractivity contribution in [2.24, 2.45) is 5.92 Å². The van der Waals surface area contributed by atoms with E-state index in [0.29, 0.717) is 0 Å². The molecule has 0 saturated carbocycles. The highest BCUT2D eigenvalue weighted by molar-refractivity contribution is 9.10. The molecule has 3 nitrogen and oxygen atoms in total. The number of carbonyl (C=O) groups is 1. The van der Waals surface area contributed by atoms with Gasteiger partial charge in [0.25, 0.3) is 0 Å². The van der Waals surface area contributed by atoms with Crippen LogP contribution in [0.25, 0.3) is 0 Å². The van der Waals surface area contributed by atoms with E-state index < -0.39 is 11.2 Å². The zero-order valence-corrected chi connectivity index (χ0v) is 11.8. The number of carboxylic acid groups (broad SMARTS) is 1. The fourth-order valence-corrected chi connectivity index (χ4v) is 2.70. The van der Waals surface area contributed by atoms with Crippen LogP contribution in [0.2, 0.25) is 0 Å². The van der Waals surface area contributed by atoms with Crippen molar-refractivity contribution in [3.8, 4) is 0 Å². The Hall–Kier alpha value is -0.550. The first-order valence-electron chi connectivity index (χ1n) is 4.94. The van der Waals surface area contributed by atoms with Gasteiger partial charge < -0.3 is 5.11 Å². The average Bonchev–Trinajstić information content (AvgIpc) is 2.19. The van der Waals surface area contributed by atoms with E-state index in [2.05, 4.69) is 20.9 Å². The van der Waals surface area contributed by atoms with Gasteiger partial charge in [0.15, 0.2) is 0 Å². The third-order valence-corrected chi connectivity index (χ3v) is 4.93. The molecule has 0 amide bonds. The van der Waals surface area contributed by atoms with Gasteiger partial charge in [-0.3, -0.25) is 4.79 Å². The Balaban J connectivity index is 2.94. The smallest absolute Gasteiger partial charge is 0.317 e. The normalized spacial score (nSPS) is 12.8. The Labute approximate surface area is 108 Å². The molecule has 1 atom stereocenters. The highest BCUT2D eigenvalue weighted by Crippen LogP contribution is 2.33. The summed E-state index contributed by atoms with van der Waals surface area (Å²) >= 11 is 4.72. The third-order valence-electron chi connectivity index (χ3n) is 2.14. The molecule has 88 valence electrons. The van der Waals surface area contributed by atoms with Crippen molar-refractivity contribution in [1.82, 2.24) is 4.98 Å². The molecule has 1 unspecified atom stereocenters. The number of aliphatic carboxylic acids is 1. The molecule has 1 heterocycles. The monoisotopic (exact) mass is 303 g/mol. The average molecular weight is 304 g/mol. The number of rotatable bonds is 4. The number of pyridine rings is 1. The van der Waals surface area contributed by atoms with E-state index in [1.165, 1.54) is 11.8 Å². The molecule has 0 spiro atoms. The lowest BCUT2D eigenvalue weighted by Gasteiger charge is -2.16. The van der Waals surface area contributed by atoms with Gasteiger partial charge in [-0.1, -0.05) is 25.6 Å². The topological polar surface area (TPSA) is 50.2 Å². The van der Waals surface area contributed by atoms with Gasteiger partial charge in [0.1, 0.15) is 10.3 Å². The van der Waals surface area contributed by atoms with E-state index >= 15 is 0 Å². The van der Waals surface area contributed by atoms with E-state index in [4.69, 9.17) is 5.11 Å². The summed E-state index contributed by atoms with van der Waals surface area (Å²) in [7, 11) is 0. The maximum atomic E-state index is 11.1. The minimum Gasteiger partial charge on any atom is -0.480 e. The first-order valence-corrected chi connectivity index (χ1v) is 6.61. The van der Waals surface area contributed by atoms with E-state index in [0.717, 1.165) is 15.1 Å². The Morgan fingerprint density at radius 1 is 1.56 bits per heavy atom. The van der Waals surface area contributed by atoms with Crippen molar-refractivity contribution in [2.75, 3.05) is 0 Å². The van der Waals surface area contributed by atoms with Gasteiger partial charge in [-0.05, 0) is 40.4 Å². The number of hydrogen-bond donors (Lipinski definition) is 1. The van der Waals surface area contributed by atoms with Crippen LogP contribution >= 0.6 is 27.7 Å². The van der Waals surface area contributed by atoms with Crippen molar-refractivity contribution in [1.29, 1.82) is 0 Å². The molecule has 5 heteroatoms. The molecule has 0 saturated heterocycles. The van der Waals surface area contributed by atoms with Gasteiger partial charge in [0.05, 0.1) is 4.47 Å². The Morgan fingerprint density at radius 3 is 2.69 bits per heavy atom. The van der Waals surface area contributed by atoms with Gasteiger partial charge in [-0.25, -0.2) is 4.98 Å². The first-order chi connectivity index (χ1) is 7.43. The van der Waals surface area contributed by atoms with E-state index in [1.807, 2.05) is 26.8 Å². The van der Waals surface area contributed by atoms with Gasteiger partial charge >= 0.3 is 5.97 Å². The van der Waals surface area contributed by atoms with Crippen molar-refractivity contribution < 1.29 is 9.90 Å². The van der Waals surface area contributed by atoms with Gasteiger partial charge in [-0.15, -0.1) is 0 Å². The van der Waals surface area contributed by atoms with Crippen molar-refractivity contribution in [2.45, 2.75) is 31.0 Å². The quantitative estimate of drug-likeness (QED) is 0.867. The summed E-state index contributed by atoms with van der Waals surface area (Å²) in [6, 6.07) is 1.89. The van der Waals surface area contributed by atoms with Crippen LogP contribution in [0.5, 0.6) is 0 Å². The van der Waals surface area contributed by atoms with E-state index in [9.17, 15) is 4.79 Å². The van der Waals surface area contributed by atoms with Gasteiger partial charge in [0, 0.05) is 6.20 Å². The molecule has 1 aromatic heterocycles. The van der Waals surface area contributed by atoms with Crippen molar-refractivity contribution in [3.05, 3.63) is 22.3 Å². The minimum absolute atomic E-state index is 0.0664. The lowest BCUT2D eigenvalue weighted by molar-refractivity contribution is -0.137. The minimum atomic E-state index is -0.796. The number of nitrogens with zero attached hydrogens (tertiary/aromatic N) is 1. The molecule has 0 bridgehead atoms.